The molecule has 0 saturated carbocycles. The molecule has 0 radical (unpaired) electrons. The maximum Gasteiger partial charge on any atom is 0.118 e. The predicted molar refractivity (Wildman–Crippen MR) is 59.0 cm³/mol. The number of rotatable bonds is 3. The first-order valence-corrected chi connectivity index (χ1v) is 5.67. The first kappa shape index (κ1) is 10.1. The lowest BCUT2D eigenvalue weighted by molar-refractivity contribution is 0.266. The SMILES string of the molecule is CC(C)C[C@@]1(c2cncc(Br)c2)CO1. The lowest BCUT2D eigenvalue weighted by Gasteiger charge is -2.14. The van der Waals surface area contributed by atoms with E-state index in [2.05, 4.69) is 40.8 Å². The van der Waals surface area contributed by atoms with E-state index in [0.717, 1.165) is 17.5 Å². The van der Waals surface area contributed by atoms with Crippen molar-refractivity contribution in [2.24, 2.45) is 5.92 Å². The minimum absolute atomic E-state index is 0.0368. The Balaban J connectivity index is 2.22. The molecule has 0 spiro atoms. The Kier molecular flexibility index (Phi) is 2.62. The molecule has 1 aromatic heterocycles. The molecule has 1 fully saturated rings. The molecule has 1 aliphatic rings. The van der Waals surface area contributed by atoms with E-state index in [4.69, 9.17) is 4.74 Å². The standard InChI is InChI=1S/C11H14BrNO/c1-8(2)4-11(7-14-11)9-3-10(12)6-13-5-9/h3,5-6,8H,4,7H2,1-2H3/t11-/m0/s1. The Morgan fingerprint density at radius 3 is 2.79 bits per heavy atom. The van der Waals surface area contributed by atoms with Gasteiger partial charge in [0.1, 0.15) is 5.60 Å². The van der Waals surface area contributed by atoms with E-state index in [1.54, 1.807) is 6.20 Å². The van der Waals surface area contributed by atoms with Crippen LogP contribution in [-0.4, -0.2) is 11.6 Å². The summed E-state index contributed by atoms with van der Waals surface area (Å²) in [4.78, 5) is 4.17. The lowest BCUT2D eigenvalue weighted by Crippen LogP contribution is -2.12. The molecular weight excluding hydrogens is 242 g/mol. The summed E-state index contributed by atoms with van der Waals surface area (Å²) in [6.07, 6.45) is 4.78. The third-order valence-electron chi connectivity index (χ3n) is 2.46. The van der Waals surface area contributed by atoms with Gasteiger partial charge in [0.25, 0.3) is 0 Å². The van der Waals surface area contributed by atoms with Crippen LogP contribution in [0.15, 0.2) is 22.9 Å². The molecule has 2 heterocycles. The van der Waals surface area contributed by atoms with Crippen LogP contribution in [0.3, 0.4) is 0 Å². The van der Waals surface area contributed by atoms with Crippen LogP contribution in [-0.2, 0) is 10.3 Å². The molecule has 3 heteroatoms. The number of epoxide rings is 1. The zero-order chi connectivity index (χ0) is 10.2. The highest BCUT2D eigenvalue weighted by Crippen LogP contribution is 2.44. The molecular formula is C11H14BrNO. The van der Waals surface area contributed by atoms with Crippen molar-refractivity contribution in [3.05, 3.63) is 28.5 Å². The van der Waals surface area contributed by atoms with E-state index < -0.39 is 0 Å². The van der Waals surface area contributed by atoms with Crippen LogP contribution in [0.1, 0.15) is 25.8 Å². The van der Waals surface area contributed by atoms with Crippen molar-refractivity contribution >= 4 is 15.9 Å². The van der Waals surface area contributed by atoms with Crippen molar-refractivity contribution in [3.63, 3.8) is 0 Å². The van der Waals surface area contributed by atoms with Crippen LogP contribution in [0.4, 0.5) is 0 Å². The second kappa shape index (κ2) is 3.63. The van der Waals surface area contributed by atoms with Crippen LogP contribution in [0.5, 0.6) is 0 Å². The van der Waals surface area contributed by atoms with Crippen molar-refractivity contribution in [1.29, 1.82) is 0 Å². The number of aromatic nitrogens is 1. The number of ether oxygens (including phenoxy) is 1. The molecule has 0 aliphatic carbocycles. The Morgan fingerprint density at radius 1 is 1.57 bits per heavy atom. The minimum Gasteiger partial charge on any atom is -0.364 e. The topological polar surface area (TPSA) is 25.4 Å². The molecule has 0 bridgehead atoms. The van der Waals surface area contributed by atoms with Crippen molar-refractivity contribution in [1.82, 2.24) is 4.98 Å². The van der Waals surface area contributed by atoms with Gasteiger partial charge in [-0.15, -0.1) is 0 Å². The highest BCUT2D eigenvalue weighted by atomic mass is 79.9. The zero-order valence-electron chi connectivity index (χ0n) is 8.46. The average Bonchev–Trinajstić information content (AvgIpc) is 2.84. The number of hydrogen-bond acceptors (Lipinski definition) is 2. The van der Waals surface area contributed by atoms with E-state index in [0.29, 0.717) is 5.92 Å². The summed E-state index contributed by atoms with van der Waals surface area (Å²) in [5, 5.41) is 0. The van der Waals surface area contributed by atoms with E-state index >= 15 is 0 Å². The van der Waals surface area contributed by atoms with Crippen LogP contribution >= 0.6 is 15.9 Å². The van der Waals surface area contributed by atoms with Crippen LogP contribution in [0.25, 0.3) is 0 Å². The first-order valence-electron chi connectivity index (χ1n) is 4.87. The predicted octanol–water partition coefficient (Wildman–Crippen LogP) is 3.12. The normalized spacial score (nSPS) is 25.4. The fraction of sp³-hybridized carbons (Fsp3) is 0.545. The van der Waals surface area contributed by atoms with Crippen LogP contribution < -0.4 is 0 Å². The molecule has 0 aromatic carbocycles. The molecule has 1 aliphatic heterocycles. The molecule has 1 atom stereocenters. The summed E-state index contributed by atoms with van der Waals surface area (Å²) < 4.78 is 6.61. The average molecular weight is 256 g/mol. The number of halogens is 1. The fourth-order valence-electron chi connectivity index (χ4n) is 1.81. The monoisotopic (exact) mass is 255 g/mol. The van der Waals surface area contributed by atoms with Gasteiger partial charge in [0, 0.05) is 22.4 Å². The van der Waals surface area contributed by atoms with E-state index in [9.17, 15) is 0 Å². The summed E-state index contributed by atoms with van der Waals surface area (Å²) in [6, 6.07) is 2.10. The van der Waals surface area contributed by atoms with Gasteiger partial charge in [0.2, 0.25) is 0 Å². The van der Waals surface area contributed by atoms with Gasteiger partial charge in [0.05, 0.1) is 6.61 Å². The summed E-state index contributed by atoms with van der Waals surface area (Å²) >= 11 is 3.43. The van der Waals surface area contributed by atoms with Gasteiger partial charge in [0.15, 0.2) is 0 Å². The van der Waals surface area contributed by atoms with Crippen molar-refractivity contribution in [3.8, 4) is 0 Å². The molecule has 2 nitrogen and oxygen atoms in total. The van der Waals surface area contributed by atoms with Crippen molar-refractivity contribution < 1.29 is 4.74 Å². The van der Waals surface area contributed by atoms with Gasteiger partial charge in [-0.1, -0.05) is 13.8 Å². The quantitative estimate of drug-likeness (QED) is 0.776. The Bertz CT molecular complexity index is 334. The maximum atomic E-state index is 5.59. The summed E-state index contributed by atoms with van der Waals surface area (Å²) in [7, 11) is 0. The molecule has 1 saturated heterocycles. The molecule has 1 aromatic rings. The van der Waals surface area contributed by atoms with Crippen molar-refractivity contribution in [2.45, 2.75) is 25.9 Å². The van der Waals surface area contributed by atoms with Crippen LogP contribution in [0.2, 0.25) is 0 Å². The highest BCUT2D eigenvalue weighted by molar-refractivity contribution is 9.10. The molecule has 0 amide bonds. The fourth-order valence-corrected chi connectivity index (χ4v) is 2.17. The van der Waals surface area contributed by atoms with Gasteiger partial charge in [-0.3, -0.25) is 4.98 Å². The molecule has 76 valence electrons. The Morgan fingerprint density at radius 2 is 2.29 bits per heavy atom. The Labute approximate surface area is 92.8 Å². The summed E-state index contributed by atoms with van der Waals surface area (Å²) in [5.41, 5.74) is 1.16. The second-order valence-corrected chi connectivity index (χ2v) is 5.19. The third kappa shape index (κ3) is 1.98. The maximum absolute atomic E-state index is 5.59. The molecule has 0 N–H and O–H groups in total. The van der Waals surface area contributed by atoms with Crippen LogP contribution in [0, 0.1) is 5.92 Å². The summed E-state index contributed by atoms with van der Waals surface area (Å²) in [5.74, 6) is 0.650. The second-order valence-electron chi connectivity index (χ2n) is 4.27. The van der Waals surface area contributed by atoms with E-state index in [-0.39, 0.29) is 5.60 Å². The van der Waals surface area contributed by atoms with Gasteiger partial charge in [-0.25, -0.2) is 0 Å². The van der Waals surface area contributed by atoms with Gasteiger partial charge in [-0.2, -0.15) is 0 Å². The van der Waals surface area contributed by atoms with E-state index in [1.165, 1.54) is 5.56 Å². The third-order valence-corrected chi connectivity index (χ3v) is 2.90. The number of nitrogens with zero attached hydrogens (tertiary/aromatic N) is 1. The first-order chi connectivity index (χ1) is 6.62. The summed E-state index contributed by atoms with van der Waals surface area (Å²) in [6.45, 7) is 5.27. The Hall–Kier alpha value is -0.410. The minimum atomic E-state index is -0.0368. The van der Waals surface area contributed by atoms with E-state index in [1.807, 2.05) is 6.20 Å². The lowest BCUT2D eigenvalue weighted by atomic mass is 9.92. The smallest absolute Gasteiger partial charge is 0.118 e. The zero-order valence-corrected chi connectivity index (χ0v) is 10.0. The van der Waals surface area contributed by atoms with Crippen molar-refractivity contribution in [2.75, 3.05) is 6.61 Å². The van der Waals surface area contributed by atoms with Gasteiger partial charge < -0.3 is 4.74 Å². The highest BCUT2D eigenvalue weighted by Gasteiger charge is 2.46. The van der Waals surface area contributed by atoms with Gasteiger partial charge >= 0.3 is 0 Å². The molecule has 2 rings (SSSR count). The molecule has 14 heavy (non-hydrogen) atoms. The number of hydrogen-bond donors (Lipinski definition) is 0. The number of pyridine rings is 1. The largest absolute Gasteiger partial charge is 0.364 e. The molecule has 0 unspecified atom stereocenters. The van der Waals surface area contributed by atoms with Gasteiger partial charge in [-0.05, 0) is 34.3 Å².